The average Bonchev–Trinajstić information content (AvgIpc) is 2.69. The Balaban J connectivity index is 0.000000152. The molecule has 10 aromatic rings. The molecule has 9 heterocycles. The second-order valence-corrected chi connectivity index (χ2v) is 20.7. The summed E-state index contributed by atoms with van der Waals surface area (Å²) in [4.78, 5) is 58.5. The van der Waals surface area contributed by atoms with Crippen LogP contribution in [-0.2, 0) is 65.7 Å². The molecule has 0 spiro atoms. The Bertz CT molecular complexity index is 3950. The molecule has 88 heavy (non-hydrogen) atoms. The van der Waals surface area contributed by atoms with Gasteiger partial charge in [0.15, 0.2) is 17.1 Å². The molecule has 0 bridgehead atoms. The van der Waals surface area contributed by atoms with E-state index in [0.717, 1.165) is 81.6 Å². The first-order valence-electron chi connectivity index (χ1n) is 28.8. The Morgan fingerprint density at radius 3 is 1.53 bits per heavy atom. The van der Waals surface area contributed by atoms with Gasteiger partial charge in [0.25, 0.3) is 0 Å². The Hall–Kier alpha value is -9.45. The minimum Gasteiger partial charge on any atom is -0.461 e. The van der Waals surface area contributed by atoms with Gasteiger partial charge in [-0.3, -0.25) is 23.7 Å². The number of rotatable bonds is 14. The largest absolute Gasteiger partial charge is 0.461 e. The van der Waals surface area contributed by atoms with Gasteiger partial charge in [-0.15, -0.1) is 0 Å². The Kier molecular flexibility index (Phi) is 21.2. The maximum atomic E-state index is 15.6. The van der Waals surface area contributed by atoms with E-state index in [0.29, 0.717) is 57.1 Å². The summed E-state index contributed by atoms with van der Waals surface area (Å²) in [7, 11) is 0. The van der Waals surface area contributed by atoms with Gasteiger partial charge in [-0.1, -0.05) is 72.8 Å². The smallest absolute Gasteiger partial charge is 0.310 e. The Morgan fingerprint density at radius 1 is 0.523 bits per heavy atom. The topological polar surface area (TPSA) is 219 Å². The van der Waals surface area contributed by atoms with Crippen molar-refractivity contribution in [2.75, 3.05) is 32.2 Å². The van der Waals surface area contributed by atoms with E-state index in [-0.39, 0.29) is 61.6 Å². The summed E-state index contributed by atoms with van der Waals surface area (Å²) in [5.74, 6) is -5.06. The van der Waals surface area contributed by atoms with Crippen molar-refractivity contribution in [3.63, 3.8) is 0 Å². The lowest BCUT2D eigenvalue weighted by Crippen LogP contribution is -2.17. The third-order valence-corrected chi connectivity index (χ3v) is 14.6. The van der Waals surface area contributed by atoms with E-state index < -0.39 is 46.8 Å². The molecule has 2 unspecified atom stereocenters. The van der Waals surface area contributed by atoms with Crippen molar-refractivity contribution in [1.29, 1.82) is 0 Å². The molecule has 6 aromatic heterocycles. The minimum absolute atomic E-state index is 0.0157. The van der Waals surface area contributed by atoms with Crippen molar-refractivity contribution in [1.82, 2.24) is 49.0 Å². The molecule has 0 amide bonds. The molecule has 23 heteroatoms. The highest BCUT2D eigenvalue weighted by atomic mass is 19.1. The molecule has 3 saturated heterocycles. The number of nitrogens with two attached hydrogens (primary N) is 1. The Labute approximate surface area is 503 Å². The standard InChI is InChI=1S/C31H27F2N5O3.C15H13F2NO2.C15H14FN5O.C4H8O/c32-24-12-11-21(15-27(39)41-17-20-7-2-1-3-8-20)28(33)23(24)16-25-22(9-6-13-34-25)29-30-31(36-18-35-29)38(19-37-30)26-10-4-5-14-40-26;16-12-7-6-11(14(17)15(12)18)8-13(19)20-9-10-4-2-1-3-5-10;16-14-10(4-3-6-17-14)12-13-15(19-8-18-12)21(9-20-13)11-5-1-2-7-22-11;1-2-4-5-3-1/h1-3,6-9,11-13,18-19,26H,4-5,10,14-17H2;1-7H,8-9,18H2;3-4,6,8-9,11H,1-2,5,7H2;1-4H2. The van der Waals surface area contributed by atoms with E-state index >= 15 is 4.39 Å². The second-order valence-electron chi connectivity index (χ2n) is 20.7. The number of hydrogen-bond acceptors (Lipinski definition) is 16. The van der Waals surface area contributed by atoms with Gasteiger partial charge >= 0.3 is 11.9 Å². The fourth-order valence-electron chi connectivity index (χ4n) is 10.0. The highest BCUT2D eigenvalue weighted by Gasteiger charge is 2.25. The number of nitrogen functional groups attached to an aromatic ring is 1. The molecular weight excluding hydrogens is 1140 g/mol. The summed E-state index contributed by atoms with van der Waals surface area (Å²) in [5, 5.41) is 0. The van der Waals surface area contributed by atoms with Crippen molar-refractivity contribution in [3.8, 4) is 22.5 Å². The number of esters is 2. The lowest BCUT2D eigenvalue weighted by atomic mass is 9.99. The van der Waals surface area contributed by atoms with Crippen LogP contribution in [0, 0.1) is 29.2 Å². The Morgan fingerprint density at radius 2 is 1.02 bits per heavy atom. The minimum atomic E-state index is -0.915. The summed E-state index contributed by atoms with van der Waals surface area (Å²) in [6.45, 7) is 3.59. The van der Waals surface area contributed by atoms with Crippen molar-refractivity contribution in [3.05, 3.63) is 210 Å². The van der Waals surface area contributed by atoms with E-state index in [9.17, 15) is 27.2 Å². The molecule has 18 nitrogen and oxygen atoms in total. The highest BCUT2D eigenvalue weighted by Crippen LogP contribution is 2.34. The van der Waals surface area contributed by atoms with Crippen LogP contribution in [0.15, 0.2) is 147 Å². The fraction of sp³-hybridized carbons (Fsp3) is 0.292. The van der Waals surface area contributed by atoms with Gasteiger partial charge in [0, 0.05) is 61.9 Å². The van der Waals surface area contributed by atoms with E-state index in [2.05, 4.69) is 39.9 Å². The molecule has 13 rings (SSSR count). The number of hydrogen-bond donors (Lipinski definition) is 1. The lowest BCUT2D eigenvalue weighted by molar-refractivity contribution is -0.145. The van der Waals surface area contributed by atoms with Gasteiger partial charge in [-0.05, 0) is 104 Å². The highest BCUT2D eigenvalue weighted by molar-refractivity contribution is 5.88. The van der Waals surface area contributed by atoms with Crippen LogP contribution in [0.4, 0.5) is 27.6 Å². The summed E-state index contributed by atoms with van der Waals surface area (Å²) < 4.78 is 102. The zero-order valence-electron chi connectivity index (χ0n) is 47.8. The van der Waals surface area contributed by atoms with Crippen LogP contribution in [0.1, 0.15) is 97.3 Å². The maximum Gasteiger partial charge on any atom is 0.310 e. The molecule has 3 aliphatic rings. The van der Waals surface area contributed by atoms with Crippen molar-refractivity contribution < 1.29 is 55.2 Å². The number of aromatic nitrogens is 10. The SMILES string of the molecule is C1CCOC1.Fc1ncccc1-c1ncnc2c1ncn2C1CCCCO1.Nc1c(F)ccc(CC(=O)OCc2ccccc2)c1F.O=C(Cc1ccc(F)c(Cc2ncccc2-c2ncnc3c2ncn3C2CCCCO2)c1F)OCc1ccccc1. The first kappa shape index (κ1) is 61.6. The quantitative estimate of drug-likeness (QED) is 0.0463. The van der Waals surface area contributed by atoms with Crippen molar-refractivity contribution in [2.24, 2.45) is 0 Å². The van der Waals surface area contributed by atoms with Crippen LogP contribution in [0.3, 0.4) is 0 Å². The van der Waals surface area contributed by atoms with E-state index in [1.807, 2.05) is 69.8 Å². The molecule has 2 N–H and O–H groups in total. The van der Waals surface area contributed by atoms with Gasteiger partial charge in [-0.25, -0.2) is 52.4 Å². The number of carbonyl (C=O) groups is 2. The van der Waals surface area contributed by atoms with Gasteiger partial charge in [0.05, 0.1) is 36.8 Å². The number of fused-ring (bicyclic) bond motifs is 2. The normalized spacial score (nSPS) is 15.5. The molecule has 0 saturated carbocycles. The number of carbonyl (C=O) groups excluding carboxylic acids is 2. The molecule has 0 aliphatic carbocycles. The third kappa shape index (κ3) is 15.6. The van der Waals surface area contributed by atoms with Gasteiger partial charge in [-0.2, -0.15) is 4.39 Å². The zero-order valence-corrected chi connectivity index (χ0v) is 47.8. The van der Waals surface area contributed by atoms with Gasteiger partial charge < -0.3 is 29.4 Å². The number of ether oxygens (including phenoxy) is 5. The van der Waals surface area contributed by atoms with Crippen LogP contribution in [0.25, 0.3) is 44.8 Å². The van der Waals surface area contributed by atoms with Crippen LogP contribution >= 0.6 is 0 Å². The average molecular weight is 1200 g/mol. The molecule has 0 radical (unpaired) electrons. The predicted molar refractivity (Wildman–Crippen MR) is 315 cm³/mol. The van der Waals surface area contributed by atoms with E-state index in [4.69, 9.17) is 29.4 Å². The van der Waals surface area contributed by atoms with Gasteiger partial charge in [0.2, 0.25) is 5.95 Å². The van der Waals surface area contributed by atoms with E-state index in [1.54, 1.807) is 43.1 Å². The molecule has 3 fully saturated rings. The predicted octanol–water partition coefficient (Wildman–Crippen LogP) is 12.1. The van der Waals surface area contributed by atoms with Crippen LogP contribution in [0.2, 0.25) is 0 Å². The summed E-state index contributed by atoms with van der Waals surface area (Å²) in [5.41, 5.74) is 10.8. The zero-order chi connectivity index (χ0) is 61.2. The number of anilines is 1. The molecule has 454 valence electrons. The lowest BCUT2D eigenvalue weighted by Gasteiger charge is -2.23. The van der Waals surface area contributed by atoms with Crippen LogP contribution < -0.4 is 5.73 Å². The maximum absolute atomic E-state index is 15.6. The van der Waals surface area contributed by atoms with Gasteiger partial charge in [0.1, 0.15) is 83.9 Å². The van der Waals surface area contributed by atoms with Crippen LogP contribution in [0.5, 0.6) is 0 Å². The number of pyridine rings is 2. The third-order valence-electron chi connectivity index (χ3n) is 14.6. The first-order valence-corrected chi connectivity index (χ1v) is 28.8. The van der Waals surface area contributed by atoms with Crippen molar-refractivity contribution >= 4 is 40.0 Å². The molecule has 2 atom stereocenters. The van der Waals surface area contributed by atoms with Crippen molar-refractivity contribution in [2.45, 2.75) is 96.3 Å². The summed E-state index contributed by atoms with van der Waals surface area (Å²) >= 11 is 0. The molecular formula is C65H62F5N11O7. The summed E-state index contributed by atoms with van der Waals surface area (Å²) in [6.07, 6.45) is 16.8. The molecule has 3 aliphatic heterocycles. The van der Waals surface area contributed by atoms with E-state index in [1.165, 1.54) is 43.8 Å². The van der Waals surface area contributed by atoms with Crippen LogP contribution in [-0.4, -0.2) is 87.4 Å². The monoisotopic (exact) mass is 1200 g/mol. The number of halogens is 5. The number of imidazole rings is 2. The first-order chi connectivity index (χ1) is 43.0. The fourth-order valence-corrected chi connectivity index (χ4v) is 10.0. The number of nitrogens with zero attached hydrogens (tertiary/aromatic N) is 10. The summed E-state index contributed by atoms with van der Waals surface area (Å²) in [6, 6.07) is 29.8. The molecule has 4 aromatic carbocycles. The number of benzene rings is 4. The second kappa shape index (κ2) is 30.3.